The number of nitrogens with one attached hydrogen (secondary N) is 1. The van der Waals surface area contributed by atoms with Gasteiger partial charge in [-0.05, 0) is 30.4 Å². The third-order valence-electron chi connectivity index (χ3n) is 3.95. The largest absolute Gasteiger partial charge is 0.394 e. The van der Waals surface area contributed by atoms with Gasteiger partial charge in [-0.15, -0.1) is 0 Å². The minimum absolute atomic E-state index is 0.524. The van der Waals surface area contributed by atoms with Gasteiger partial charge in [0.25, 0.3) is 0 Å². The molecule has 0 atom stereocenters. The molecule has 5 nitrogen and oxygen atoms in total. The van der Waals surface area contributed by atoms with Crippen LogP contribution in [0.4, 0.5) is 11.5 Å². The lowest BCUT2D eigenvalue weighted by Crippen LogP contribution is -2.11. The van der Waals surface area contributed by atoms with Crippen LogP contribution in [0, 0.1) is 5.92 Å². The number of nitrogen functional groups attached to an aromatic ring is 1. The van der Waals surface area contributed by atoms with Crippen LogP contribution in [0.2, 0.25) is 0 Å². The number of amidine groups is 1. The molecule has 0 radical (unpaired) electrons. The highest BCUT2D eigenvalue weighted by molar-refractivity contribution is 6.06. The minimum Gasteiger partial charge on any atom is -0.394 e. The van der Waals surface area contributed by atoms with Crippen LogP contribution in [0.5, 0.6) is 0 Å². The van der Waals surface area contributed by atoms with Crippen LogP contribution in [0.3, 0.4) is 0 Å². The van der Waals surface area contributed by atoms with E-state index in [-0.39, 0.29) is 0 Å². The number of aromatic nitrogens is 2. The summed E-state index contributed by atoms with van der Waals surface area (Å²) in [6.45, 7) is 0.795. The Balaban J connectivity index is 1.59. The zero-order valence-electron chi connectivity index (χ0n) is 12.2. The van der Waals surface area contributed by atoms with Crippen LogP contribution in [-0.4, -0.2) is 22.3 Å². The third kappa shape index (κ3) is 2.57. The van der Waals surface area contributed by atoms with Crippen LogP contribution < -0.4 is 11.1 Å². The molecular formula is C17H17N5. The van der Waals surface area contributed by atoms with Gasteiger partial charge in [0.2, 0.25) is 0 Å². The van der Waals surface area contributed by atoms with Gasteiger partial charge >= 0.3 is 0 Å². The van der Waals surface area contributed by atoms with Gasteiger partial charge in [0.05, 0.1) is 18.4 Å². The van der Waals surface area contributed by atoms with Crippen molar-refractivity contribution in [1.29, 1.82) is 0 Å². The lowest BCUT2D eigenvalue weighted by atomic mass is 10.2. The predicted octanol–water partition coefficient (Wildman–Crippen LogP) is 2.89. The van der Waals surface area contributed by atoms with Crippen molar-refractivity contribution < 1.29 is 0 Å². The standard InChI is InChI=1S/C17H17N5/c18-14-10-20-16(12-4-2-1-3-5-12)22-17(14)21-15-8-13(9-19-15)11-6-7-11/h1-5,8,10-11H,6-7,9,18H2,(H,19,20,21,22). The van der Waals surface area contributed by atoms with E-state index in [2.05, 4.69) is 26.4 Å². The Morgan fingerprint density at radius 3 is 2.73 bits per heavy atom. The van der Waals surface area contributed by atoms with Crippen molar-refractivity contribution in [2.75, 3.05) is 17.6 Å². The highest BCUT2D eigenvalue weighted by Crippen LogP contribution is 2.37. The van der Waals surface area contributed by atoms with E-state index < -0.39 is 0 Å². The molecule has 4 rings (SSSR count). The SMILES string of the molecule is Nc1cnc(-c2ccccc2)nc1NC1=NCC(C2CC2)=C1. The molecular weight excluding hydrogens is 274 g/mol. The summed E-state index contributed by atoms with van der Waals surface area (Å²) in [6, 6.07) is 9.86. The number of rotatable bonds is 3. The first-order valence-electron chi connectivity index (χ1n) is 7.49. The van der Waals surface area contributed by atoms with Crippen molar-refractivity contribution in [3.8, 4) is 11.4 Å². The predicted molar refractivity (Wildman–Crippen MR) is 88.6 cm³/mol. The van der Waals surface area contributed by atoms with E-state index in [1.165, 1.54) is 18.4 Å². The highest BCUT2D eigenvalue weighted by Gasteiger charge is 2.28. The van der Waals surface area contributed by atoms with Gasteiger partial charge in [-0.25, -0.2) is 9.97 Å². The number of anilines is 2. The lowest BCUT2D eigenvalue weighted by Gasteiger charge is -2.08. The van der Waals surface area contributed by atoms with Gasteiger partial charge < -0.3 is 11.1 Å². The summed E-state index contributed by atoms with van der Waals surface area (Å²) in [5.41, 5.74) is 8.89. The molecule has 110 valence electrons. The fourth-order valence-corrected chi connectivity index (χ4v) is 2.56. The molecule has 22 heavy (non-hydrogen) atoms. The first-order chi connectivity index (χ1) is 10.8. The maximum absolute atomic E-state index is 5.99. The first kappa shape index (κ1) is 13.0. The maximum atomic E-state index is 5.99. The number of hydrogen-bond acceptors (Lipinski definition) is 5. The fourth-order valence-electron chi connectivity index (χ4n) is 2.56. The molecule has 0 bridgehead atoms. The van der Waals surface area contributed by atoms with E-state index in [9.17, 15) is 0 Å². The summed E-state index contributed by atoms with van der Waals surface area (Å²) in [5, 5.41) is 3.23. The molecule has 1 aliphatic heterocycles. The molecule has 0 spiro atoms. The van der Waals surface area contributed by atoms with Crippen molar-refractivity contribution >= 4 is 17.3 Å². The second-order valence-electron chi connectivity index (χ2n) is 5.68. The molecule has 0 saturated heterocycles. The second-order valence-corrected chi connectivity index (χ2v) is 5.68. The van der Waals surface area contributed by atoms with Crippen LogP contribution in [0.25, 0.3) is 11.4 Å². The van der Waals surface area contributed by atoms with Gasteiger partial charge in [0.1, 0.15) is 5.84 Å². The van der Waals surface area contributed by atoms with E-state index in [1.54, 1.807) is 6.20 Å². The molecule has 0 unspecified atom stereocenters. The minimum atomic E-state index is 0.524. The van der Waals surface area contributed by atoms with Crippen LogP contribution >= 0.6 is 0 Å². The molecule has 5 heteroatoms. The Labute approximate surface area is 129 Å². The zero-order valence-corrected chi connectivity index (χ0v) is 12.2. The third-order valence-corrected chi connectivity index (χ3v) is 3.95. The van der Waals surface area contributed by atoms with Gasteiger partial charge in [-0.2, -0.15) is 0 Å². The van der Waals surface area contributed by atoms with E-state index in [1.807, 2.05) is 30.3 Å². The Morgan fingerprint density at radius 2 is 1.95 bits per heavy atom. The molecule has 1 saturated carbocycles. The average molecular weight is 291 g/mol. The van der Waals surface area contributed by atoms with Gasteiger partial charge in [-0.1, -0.05) is 30.3 Å². The maximum Gasteiger partial charge on any atom is 0.161 e. The van der Waals surface area contributed by atoms with Gasteiger partial charge in [0, 0.05) is 5.56 Å². The van der Waals surface area contributed by atoms with Gasteiger partial charge in [-0.3, -0.25) is 4.99 Å². The summed E-state index contributed by atoms with van der Waals surface area (Å²) in [7, 11) is 0. The van der Waals surface area contributed by atoms with E-state index in [0.717, 1.165) is 23.9 Å². The number of hydrogen-bond donors (Lipinski definition) is 2. The van der Waals surface area contributed by atoms with Crippen molar-refractivity contribution in [3.05, 3.63) is 48.2 Å². The molecule has 1 aromatic carbocycles. The molecule has 2 aliphatic rings. The van der Waals surface area contributed by atoms with Crippen molar-refractivity contribution in [3.63, 3.8) is 0 Å². The van der Waals surface area contributed by atoms with E-state index in [0.29, 0.717) is 17.3 Å². The quantitative estimate of drug-likeness (QED) is 0.911. The average Bonchev–Trinajstić information content (AvgIpc) is 3.30. The Hall–Kier alpha value is -2.69. The fraction of sp³-hybridized carbons (Fsp3) is 0.235. The monoisotopic (exact) mass is 291 g/mol. The summed E-state index contributed by atoms with van der Waals surface area (Å²) in [5.74, 6) is 2.85. The van der Waals surface area contributed by atoms with Crippen molar-refractivity contribution in [1.82, 2.24) is 9.97 Å². The Morgan fingerprint density at radius 1 is 1.14 bits per heavy atom. The topological polar surface area (TPSA) is 76.2 Å². The highest BCUT2D eigenvalue weighted by atomic mass is 15.1. The molecule has 3 N–H and O–H groups in total. The zero-order chi connectivity index (χ0) is 14.9. The Kier molecular flexibility index (Phi) is 3.11. The molecule has 1 aromatic heterocycles. The van der Waals surface area contributed by atoms with Crippen LogP contribution in [0.15, 0.2) is 53.2 Å². The van der Waals surface area contributed by atoms with Crippen LogP contribution in [0.1, 0.15) is 12.8 Å². The number of aliphatic imine (C=N–C) groups is 1. The number of nitrogens with two attached hydrogens (primary N) is 1. The summed E-state index contributed by atoms with van der Waals surface area (Å²) in [6.07, 6.45) is 6.35. The van der Waals surface area contributed by atoms with E-state index in [4.69, 9.17) is 5.73 Å². The van der Waals surface area contributed by atoms with Crippen molar-refractivity contribution in [2.45, 2.75) is 12.8 Å². The lowest BCUT2D eigenvalue weighted by molar-refractivity contribution is 0.959. The second kappa shape index (κ2) is 5.26. The molecule has 1 fully saturated rings. The smallest absolute Gasteiger partial charge is 0.161 e. The number of benzene rings is 1. The van der Waals surface area contributed by atoms with E-state index >= 15 is 0 Å². The first-order valence-corrected chi connectivity index (χ1v) is 7.49. The van der Waals surface area contributed by atoms with Gasteiger partial charge in [0.15, 0.2) is 11.6 Å². The van der Waals surface area contributed by atoms with Crippen molar-refractivity contribution in [2.24, 2.45) is 10.9 Å². The van der Waals surface area contributed by atoms with Crippen LogP contribution in [-0.2, 0) is 0 Å². The molecule has 2 aromatic rings. The Bertz CT molecular complexity index is 760. The number of nitrogens with zero attached hydrogens (tertiary/aromatic N) is 3. The molecule has 0 amide bonds. The molecule has 2 heterocycles. The summed E-state index contributed by atoms with van der Waals surface area (Å²) in [4.78, 5) is 13.4. The molecule has 1 aliphatic carbocycles. The summed E-state index contributed by atoms with van der Waals surface area (Å²) < 4.78 is 0. The normalized spacial score (nSPS) is 17.1. The summed E-state index contributed by atoms with van der Waals surface area (Å²) >= 11 is 0.